The van der Waals surface area contributed by atoms with E-state index in [1.165, 1.54) is 24.3 Å². The van der Waals surface area contributed by atoms with Gasteiger partial charge in [-0.05, 0) is 25.8 Å². The van der Waals surface area contributed by atoms with Gasteiger partial charge in [0.2, 0.25) is 0 Å². The predicted octanol–water partition coefficient (Wildman–Crippen LogP) is 3.49. The third kappa shape index (κ3) is 2.83. The molecule has 0 saturated carbocycles. The Labute approximate surface area is 150 Å². The Bertz CT molecular complexity index is 966. The molecule has 10 heteroatoms. The van der Waals surface area contributed by atoms with Crippen LogP contribution in [-0.2, 0) is 6.18 Å². The number of aromatic nitrogens is 4. The van der Waals surface area contributed by atoms with Gasteiger partial charge in [-0.15, -0.1) is 11.3 Å². The van der Waals surface area contributed by atoms with Gasteiger partial charge in [0.25, 0.3) is 5.91 Å². The lowest BCUT2D eigenvalue weighted by atomic mass is 10.1. The zero-order valence-corrected chi connectivity index (χ0v) is 14.5. The predicted molar refractivity (Wildman–Crippen MR) is 87.9 cm³/mol. The summed E-state index contributed by atoms with van der Waals surface area (Å²) >= 11 is 1.32. The Morgan fingerprint density at radius 2 is 2.15 bits per heavy atom. The Balaban J connectivity index is 1.75. The van der Waals surface area contributed by atoms with E-state index in [0.29, 0.717) is 24.4 Å². The summed E-state index contributed by atoms with van der Waals surface area (Å²) < 4.78 is 40.8. The van der Waals surface area contributed by atoms with Gasteiger partial charge in [0.1, 0.15) is 11.4 Å². The molecule has 4 rings (SSSR count). The number of thiazole rings is 1. The molecule has 1 saturated heterocycles. The van der Waals surface area contributed by atoms with Crippen molar-refractivity contribution in [2.24, 2.45) is 0 Å². The Morgan fingerprint density at radius 1 is 1.35 bits per heavy atom. The highest BCUT2D eigenvalue weighted by Gasteiger charge is 2.37. The number of amides is 1. The molecular formula is C16H14F3N5OS. The molecule has 0 aliphatic carbocycles. The number of carbonyl (C=O) groups excluding carboxylic acids is 1. The van der Waals surface area contributed by atoms with Gasteiger partial charge < -0.3 is 4.90 Å². The van der Waals surface area contributed by atoms with Crippen molar-refractivity contribution < 1.29 is 18.0 Å². The third-order valence-corrected chi connectivity index (χ3v) is 4.96. The average Bonchev–Trinajstić information content (AvgIpc) is 3.31. The van der Waals surface area contributed by atoms with Gasteiger partial charge in [-0.2, -0.15) is 18.3 Å². The molecule has 0 bridgehead atoms. The van der Waals surface area contributed by atoms with Crippen LogP contribution in [0.25, 0.3) is 5.65 Å². The summed E-state index contributed by atoms with van der Waals surface area (Å²) in [5, 5.41) is 5.80. The molecule has 1 fully saturated rings. The normalized spacial score (nSPS) is 18.0. The molecule has 26 heavy (non-hydrogen) atoms. The minimum Gasteiger partial charge on any atom is -0.329 e. The van der Waals surface area contributed by atoms with Crippen LogP contribution in [-0.4, -0.2) is 36.9 Å². The lowest BCUT2D eigenvalue weighted by Crippen LogP contribution is -2.31. The number of halogens is 3. The zero-order valence-electron chi connectivity index (χ0n) is 13.7. The lowest BCUT2D eigenvalue weighted by molar-refractivity contribution is -0.142. The summed E-state index contributed by atoms with van der Waals surface area (Å²) in [5.41, 5.74) is 1.84. The van der Waals surface area contributed by atoms with Gasteiger partial charge >= 0.3 is 6.18 Å². The number of hydrogen-bond donors (Lipinski definition) is 0. The van der Waals surface area contributed by atoms with Crippen LogP contribution < -0.4 is 0 Å². The van der Waals surface area contributed by atoms with E-state index in [-0.39, 0.29) is 23.3 Å². The first-order valence-corrected chi connectivity index (χ1v) is 8.92. The molecule has 1 aliphatic heterocycles. The van der Waals surface area contributed by atoms with E-state index in [0.717, 1.165) is 17.0 Å². The minimum atomic E-state index is -4.54. The first kappa shape index (κ1) is 17.0. The maximum atomic E-state index is 13.3. The minimum absolute atomic E-state index is 0.125. The van der Waals surface area contributed by atoms with E-state index in [1.807, 2.05) is 0 Å². The third-order valence-electron chi connectivity index (χ3n) is 4.37. The van der Waals surface area contributed by atoms with Crippen LogP contribution in [0, 0.1) is 6.92 Å². The first-order valence-electron chi connectivity index (χ1n) is 7.98. The summed E-state index contributed by atoms with van der Waals surface area (Å²) in [6, 6.07) is 2.11. The topological polar surface area (TPSA) is 63.4 Å². The fraction of sp³-hybridized carbons (Fsp3) is 0.375. The number of aryl methyl sites for hydroxylation is 1. The van der Waals surface area contributed by atoms with Crippen molar-refractivity contribution in [2.75, 3.05) is 6.54 Å². The van der Waals surface area contributed by atoms with E-state index >= 15 is 0 Å². The van der Waals surface area contributed by atoms with Gasteiger partial charge in [0.05, 0.1) is 17.2 Å². The van der Waals surface area contributed by atoms with E-state index in [9.17, 15) is 18.0 Å². The molecule has 0 aromatic carbocycles. The molecule has 0 spiro atoms. The zero-order chi connectivity index (χ0) is 18.5. The summed E-state index contributed by atoms with van der Waals surface area (Å²) in [5.74, 6) is -0.231. The van der Waals surface area contributed by atoms with Crippen molar-refractivity contribution in [1.29, 1.82) is 0 Å². The Morgan fingerprint density at radius 3 is 2.85 bits per heavy atom. The molecule has 1 atom stereocenters. The fourth-order valence-electron chi connectivity index (χ4n) is 3.27. The highest BCUT2D eigenvalue weighted by molar-refractivity contribution is 7.07. The van der Waals surface area contributed by atoms with Gasteiger partial charge in [0, 0.05) is 23.7 Å². The quantitative estimate of drug-likeness (QED) is 0.682. The average molecular weight is 381 g/mol. The molecule has 1 aliphatic rings. The van der Waals surface area contributed by atoms with E-state index in [4.69, 9.17) is 0 Å². The second kappa shape index (κ2) is 6.04. The number of hydrogen-bond acceptors (Lipinski definition) is 5. The Hall–Kier alpha value is -2.49. The monoisotopic (exact) mass is 381 g/mol. The number of alkyl halides is 3. The van der Waals surface area contributed by atoms with Crippen LogP contribution in [0.5, 0.6) is 0 Å². The molecule has 0 radical (unpaired) electrons. The number of rotatable bonds is 2. The van der Waals surface area contributed by atoms with Crippen LogP contribution in [0.4, 0.5) is 13.2 Å². The van der Waals surface area contributed by atoms with Crippen LogP contribution in [0.3, 0.4) is 0 Å². The molecule has 1 unspecified atom stereocenters. The van der Waals surface area contributed by atoms with E-state index in [2.05, 4.69) is 15.1 Å². The van der Waals surface area contributed by atoms with Crippen LogP contribution in [0.15, 0.2) is 23.0 Å². The van der Waals surface area contributed by atoms with E-state index in [1.54, 1.807) is 15.8 Å². The summed E-state index contributed by atoms with van der Waals surface area (Å²) in [4.78, 5) is 22.4. The molecule has 0 N–H and O–H groups in total. The molecule has 3 aromatic heterocycles. The maximum absolute atomic E-state index is 13.3. The molecule has 4 heterocycles. The number of nitrogens with zero attached hydrogens (tertiary/aromatic N) is 5. The van der Waals surface area contributed by atoms with Crippen molar-refractivity contribution >= 4 is 22.9 Å². The number of carbonyl (C=O) groups is 1. The van der Waals surface area contributed by atoms with Gasteiger partial charge in [0.15, 0.2) is 5.65 Å². The van der Waals surface area contributed by atoms with Crippen molar-refractivity contribution in [3.8, 4) is 0 Å². The fourth-order valence-corrected chi connectivity index (χ4v) is 3.79. The summed E-state index contributed by atoms with van der Waals surface area (Å²) in [6.07, 6.45) is -3.14. The number of fused-ring (bicyclic) bond motifs is 1. The molecule has 1 amide bonds. The second-order valence-corrected chi connectivity index (χ2v) is 6.87. The van der Waals surface area contributed by atoms with Gasteiger partial charge in [-0.25, -0.2) is 14.5 Å². The van der Waals surface area contributed by atoms with Gasteiger partial charge in [-0.1, -0.05) is 0 Å². The Kier molecular flexibility index (Phi) is 3.94. The van der Waals surface area contributed by atoms with Crippen LogP contribution in [0.1, 0.15) is 46.5 Å². The first-order chi connectivity index (χ1) is 12.3. The largest absolute Gasteiger partial charge is 0.433 e. The second-order valence-electron chi connectivity index (χ2n) is 6.15. The highest BCUT2D eigenvalue weighted by Crippen LogP contribution is 2.35. The molecule has 3 aromatic rings. The standard InChI is InChI=1S/C16H14F3N5OS/c1-9-5-13(16(17,18)19)24-14(21-9)6-10(22-24)12-3-2-4-23(12)15(25)11-7-26-8-20-11/h5-8,12H,2-4H2,1H3. The van der Waals surface area contributed by atoms with Crippen molar-refractivity contribution in [3.63, 3.8) is 0 Å². The van der Waals surface area contributed by atoms with Crippen LogP contribution >= 0.6 is 11.3 Å². The summed E-state index contributed by atoms with van der Waals surface area (Å²) in [6.45, 7) is 2.03. The maximum Gasteiger partial charge on any atom is 0.433 e. The molecular weight excluding hydrogens is 367 g/mol. The molecule has 6 nitrogen and oxygen atoms in total. The highest BCUT2D eigenvalue weighted by atomic mass is 32.1. The summed E-state index contributed by atoms with van der Waals surface area (Å²) in [7, 11) is 0. The van der Waals surface area contributed by atoms with Crippen LogP contribution in [0.2, 0.25) is 0 Å². The molecule has 136 valence electrons. The van der Waals surface area contributed by atoms with Crippen molar-refractivity contribution in [3.05, 3.63) is 45.8 Å². The number of likely N-dealkylation sites (tertiary alicyclic amines) is 1. The van der Waals surface area contributed by atoms with E-state index < -0.39 is 11.9 Å². The van der Waals surface area contributed by atoms with Crippen molar-refractivity contribution in [2.45, 2.75) is 32.0 Å². The SMILES string of the molecule is Cc1cc(C(F)(F)F)n2nc(C3CCCN3C(=O)c3cscn3)cc2n1. The smallest absolute Gasteiger partial charge is 0.329 e. The van der Waals surface area contributed by atoms with Gasteiger partial charge in [-0.3, -0.25) is 4.79 Å². The lowest BCUT2D eigenvalue weighted by Gasteiger charge is -2.22. The van der Waals surface area contributed by atoms with Crippen molar-refractivity contribution in [1.82, 2.24) is 24.5 Å².